The Morgan fingerprint density at radius 3 is 2.65 bits per heavy atom. The van der Waals surface area contributed by atoms with Gasteiger partial charge in [0.2, 0.25) is 5.91 Å². The second kappa shape index (κ2) is 7.91. The van der Waals surface area contributed by atoms with E-state index in [1.807, 2.05) is 24.3 Å². The van der Waals surface area contributed by atoms with Gasteiger partial charge in [-0.25, -0.2) is 0 Å². The van der Waals surface area contributed by atoms with E-state index in [9.17, 15) is 9.59 Å². The van der Waals surface area contributed by atoms with Crippen molar-refractivity contribution in [3.63, 3.8) is 0 Å². The summed E-state index contributed by atoms with van der Waals surface area (Å²) in [6, 6.07) is 12.9. The van der Waals surface area contributed by atoms with Gasteiger partial charge >= 0.3 is 0 Å². The molecule has 6 heteroatoms. The van der Waals surface area contributed by atoms with Gasteiger partial charge < -0.3 is 19.7 Å². The van der Waals surface area contributed by atoms with E-state index in [1.165, 1.54) is 14.2 Å². The lowest BCUT2D eigenvalue weighted by Crippen LogP contribution is -2.42. The van der Waals surface area contributed by atoms with Crippen LogP contribution in [0.4, 0.5) is 5.69 Å². The van der Waals surface area contributed by atoms with E-state index in [4.69, 9.17) is 9.47 Å². The number of nitrogens with zero attached hydrogens (tertiary/aromatic N) is 1. The van der Waals surface area contributed by atoms with Crippen molar-refractivity contribution >= 4 is 17.5 Å². The Bertz CT molecular complexity index is 819. The summed E-state index contributed by atoms with van der Waals surface area (Å²) in [7, 11) is 2.99. The van der Waals surface area contributed by atoms with Crippen LogP contribution in [0, 0.1) is 0 Å². The topological polar surface area (TPSA) is 67.9 Å². The van der Waals surface area contributed by atoms with Crippen molar-refractivity contribution in [2.75, 3.05) is 32.2 Å². The predicted octanol–water partition coefficient (Wildman–Crippen LogP) is 2.41. The van der Waals surface area contributed by atoms with E-state index in [1.54, 1.807) is 23.1 Å². The highest BCUT2D eigenvalue weighted by Gasteiger charge is 2.23. The van der Waals surface area contributed by atoms with Gasteiger partial charge in [-0.15, -0.1) is 0 Å². The quantitative estimate of drug-likeness (QED) is 0.895. The van der Waals surface area contributed by atoms with Crippen molar-refractivity contribution in [3.05, 3.63) is 53.6 Å². The summed E-state index contributed by atoms with van der Waals surface area (Å²) in [4.78, 5) is 26.9. The fraction of sp³-hybridized carbons (Fsp3) is 0.300. The first-order valence-electron chi connectivity index (χ1n) is 8.53. The molecule has 1 heterocycles. The lowest BCUT2D eigenvalue weighted by atomic mass is 10.0. The van der Waals surface area contributed by atoms with Crippen molar-refractivity contribution in [2.45, 2.75) is 12.8 Å². The molecule has 3 rings (SSSR count). The Balaban J connectivity index is 1.70. The number of rotatable bonds is 5. The van der Waals surface area contributed by atoms with Gasteiger partial charge in [0.05, 0.1) is 26.3 Å². The summed E-state index contributed by atoms with van der Waals surface area (Å²) < 4.78 is 10.5. The number of para-hydroxylation sites is 2. The summed E-state index contributed by atoms with van der Waals surface area (Å²) in [6.45, 7) is 0.585. The molecule has 6 nitrogen and oxygen atoms in total. The first kappa shape index (κ1) is 17.8. The Morgan fingerprint density at radius 1 is 1.08 bits per heavy atom. The van der Waals surface area contributed by atoms with Crippen LogP contribution >= 0.6 is 0 Å². The van der Waals surface area contributed by atoms with Crippen molar-refractivity contribution in [3.8, 4) is 11.5 Å². The second-order valence-corrected chi connectivity index (χ2v) is 6.00. The van der Waals surface area contributed by atoms with Gasteiger partial charge in [0.15, 0.2) is 11.5 Å². The molecule has 0 saturated carbocycles. The van der Waals surface area contributed by atoms with Crippen molar-refractivity contribution in [1.29, 1.82) is 0 Å². The van der Waals surface area contributed by atoms with Gasteiger partial charge in [0, 0.05) is 12.2 Å². The molecule has 0 radical (unpaired) electrons. The maximum atomic E-state index is 12.6. The number of benzene rings is 2. The van der Waals surface area contributed by atoms with E-state index in [-0.39, 0.29) is 18.4 Å². The number of fused-ring (bicyclic) bond motifs is 1. The smallest absolute Gasteiger partial charge is 0.255 e. The van der Waals surface area contributed by atoms with Gasteiger partial charge in [-0.2, -0.15) is 0 Å². The van der Waals surface area contributed by atoms with Crippen molar-refractivity contribution < 1.29 is 19.1 Å². The van der Waals surface area contributed by atoms with E-state index in [0.717, 1.165) is 24.1 Å². The minimum atomic E-state index is -0.376. The molecule has 2 aromatic rings. The summed E-state index contributed by atoms with van der Waals surface area (Å²) in [5.74, 6) is 0.312. The lowest BCUT2D eigenvalue weighted by molar-refractivity contribution is -0.117. The summed E-state index contributed by atoms with van der Waals surface area (Å²) in [5.41, 5.74) is 2.42. The SMILES string of the molecule is COc1cccc(C(=O)NCC(=O)N2CCCc3ccccc32)c1OC. The minimum Gasteiger partial charge on any atom is -0.493 e. The molecule has 0 bridgehead atoms. The van der Waals surface area contributed by atoms with Crippen LogP contribution in [0.1, 0.15) is 22.3 Å². The first-order valence-corrected chi connectivity index (χ1v) is 8.53. The maximum absolute atomic E-state index is 12.6. The molecule has 1 aliphatic rings. The number of ether oxygens (including phenoxy) is 2. The Kier molecular flexibility index (Phi) is 5.41. The molecule has 2 aromatic carbocycles. The number of nitrogens with one attached hydrogen (secondary N) is 1. The Labute approximate surface area is 152 Å². The third kappa shape index (κ3) is 3.49. The second-order valence-electron chi connectivity index (χ2n) is 6.00. The molecule has 2 amide bonds. The number of carbonyl (C=O) groups is 2. The predicted molar refractivity (Wildman–Crippen MR) is 99.0 cm³/mol. The average molecular weight is 354 g/mol. The van der Waals surface area contributed by atoms with Crippen LogP contribution < -0.4 is 19.7 Å². The third-order valence-corrected chi connectivity index (χ3v) is 4.46. The molecule has 1 aliphatic heterocycles. The zero-order valence-corrected chi connectivity index (χ0v) is 15.0. The van der Waals surface area contributed by atoms with Crippen LogP contribution in [0.2, 0.25) is 0 Å². The zero-order chi connectivity index (χ0) is 18.5. The molecule has 136 valence electrons. The standard InChI is InChI=1S/C20H22N2O4/c1-25-17-11-5-9-15(19(17)26-2)20(24)21-13-18(23)22-12-6-8-14-7-3-4-10-16(14)22/h3-5,7,9-11H,6,8,12-13H2,1-2H3,(H,21,24). The molecule has 0 spiro atoms. The highest BCUT2D eigenvalue weighted by Crippen LogP contribution is 2.30. The monoisotopic (exact) mass is 354 g/mol. The number of carbonyl (C=O) groups excluding carboxylic acids is 2. The highest BCUT2D eigenvalue weighted by molar-refractivity contribution is 6.02. The largest absolute Gasteiger partial charge is 0.493 e. The summed E-state index contributed by atoms with van der Waals surface area (Å²) >= 11 is 0. The fourth-order valence-corrected chi connectivity index (χ4v) is 3.21. The molecule has 0 atom stereocenters. The maximum Gasteiger partial charge on any atom is 0.255 e. The minimum absolute atomic E-state index is 0.0759. The zero-order valence-electron chi connectivity index (χ0n) is 15.0. The van der Waals surface area contributed by atoms with Crippen molar-refractivity contribution in [1.82, 2.24) is 5.32 Å². The number of anilines is 1. The number of methoxy groups -OCH3 is 2. The van der Waals surface area contributed by atoms with E-state index >= 15 is 0 Å². The Morgan fingerprint density at radius 2 is 1.88 bits per heavy atom. The molecule has 0 aromatic heterocycles. The normalized spacial score (nSPS) is 12.9. The number of hydrogen-bond donors (Lipinski definition) is 1. The number of aryl methyl sites for hydroxylation is 1. The molecule has 0 saturated heterocycles. The van der Waals surface area contributed by atoms with E-state index in [0.29, 0.717) is 23.6 Å². The molecule has 26 heavy (non-hydrogen) atoms. The van der Waals surface area contributed by atoms with Gasteiger partial charge in [-0.05, 0) is 36.6 Å². The fourth-order valence-electron chi connectivity index (χ4n) is 3.21. The first-order chi connectivity index (χ1) is 12.7. The third-order valence-electron chi connectivity index (χ3n) is 4.46. The molecular weight excluding hydrogens is 332 g/mol. The molecule has 1 N–H and O–H groups in total. The van der Waals surface area contributed by atoms with Crippen LogP contribution in [0.5, 0.6) is 11.5 Å². The molecular formula is C20H22N2O4. The van der Waals surface area contributed by atoms with Crippen LogP contribution in [0.25, 0.3) is 0 Å². The molecule has 0 aliphatic carbocycles. The lowest BCUT2D eigenvalue weighted by Gasteiger charge is -2.29. The van der Waals surface area contributed by atoms with Crippen LogP contribution in [0.15, 0.2) is 42.5 Å². The highest BCUT2D eigenvalue weighted by atomic mass is 16.5. The van der Waals surface area contributed by atoms with Crippen LogP contribution in [0.3, 0.4) is 0 Å². The van der Waals surface area contributed by atoms with Crippen LogP contribution in [-0.4, -0.2) is 39.1 Å². The average Bonchev–Trinajstić information content (AvgIpc) is 2.70. The molecule has 0 fully saturated rings. The summed E-state index contributed by atoms with van der Waals surface area (Å²) in [5, 5.41) is 2.69. The molecule has 0 unspecified atom stereocenters. The number of amides is 2. The van der Waals surface area contributed by atoms with Gasteiger partial charge in [-0.3, -0.25) is 9.59 Å². The van der Waals surface area contributed by atoms with Gasteiger partial charge in [-0.1, -0.05) is 24.3 Å². The van der Waals surface area contributed by atoms with Gasteiger partial charge in [0.25, 0.3) is 5.91 Å². The van der Waals surface area contributed by atoms with E-state index < -0.39 is 0 Å². The number of hydrogen-bond acceptors (Lipinski definition) is 4. The summed E-state index contributed by atoms with van der Waals surface area (Å²) in [6.07, 6.45) is 1.88. The Hall–Kier alpha value is -3.02. The van der Waals surface area contributed by atoms with Crippen LogP contribution in [-0.2, 0) is 11.2 Å². The van der Waals surface area contributed by atoms with E-state index in [2.05, 4.69) is 5.32 Å². The van der Waals surface area contributed by atoms with Crippen molar-refractivity contribution in [2.24, 2.45) is 0 Å². The van der Waals surface area contributed by atoms with Gasteiger partial charge in [0.1, 0.15) is 0 Å².